The fourth-order valence-electron chi connectivity index (χ4n) is 1.40. The highest BCUT2D eigenvalue weighted by atomic mass is 16.6. The summed E-state index contributed by atoms with van der Waals surface area (Å²) in [4.78, 5) is 22.0. The first-order chi connectivity index (χ1) is 7.67. The third-order valence-corrected chi connectivity index (χ3v) is 3.62. The first-order valence-electron chi connectivity index (χ1n) is 5.60. The van der Waals surface area contributed by atoms with Gasteiger partial charge in [-0.25, -0.2) is 4.79 Å². The molecular formula is C11H20N2O4. The molecule has 1 aliphatic rings. The van der Waals surface area contributed by atoms with Crippen LogP contribution in [0, 0.1) is 5.41 Å². The summed E-state index contributed by atoms with van der Waals surface area (Å²) in [5.74, 6) is -0.864. The summed E-state index contributed by atoms with van der Waals surface area (Å²) in [5.41, 5.74) is -1.52. The minimum absolute atomic E-state index is 0.244. The molecule has 0 aromatic rings. The number of nitrogens with one attached hydrogen (secondary N) is 2. The molecule has 1 amide bonds. The standard InChI is InChI=1S/C11H20N2O4/c1-10(2,8(14)15)11(3,4)13-6-7-5-12-9(16)17-7/h7,13H,5-6H2,1-4H3,(H,12,16)(H,14,15). The van der Waals surface area contributed by atoms with Gasteiger partial charge in [-0.3, -0.25) is 4.79 Å². The first kappa shape index (κ1) is 13.8. The van der Waals surface area contributed by atoms with Crippen LogP contribution in [-0.4, -0.2) is 41.9 Å². The number of alkyl carbamates (subject to hydrolysis) is 1. The lowest BCUT2D eigenvalue weighted by Gasteiger charge is -2.39. The van der Waals surface area contributed by atoms with Crippen LogP contribution in [0.1, 0.15) is 27.7 Å². The number of carbonyl (C=O) groups excluding carboxylic acids is 1. The molecule has 1 heterocycles. The highest BCUT2D eigenvalue weighted by Gasteiger charge is 2.43. The van der Waals surface area contributed by atoms with E-state index in [1.54, 1.807) is 13.8 Å². The van der Waals surface area contributed by atoms with E-state index in [9.17, 15) is 14.7 Å². The van der Waals surface area contributed by atoms with E-state index in [1.807, 2.05) is 13.8 Å². The predicted molar refractivity (Wildman–Crippen MR) is 61.8 cm³/mol. The molecule has 6 nitrogen and oxygen atoms in total. The number of carboxylic acids is 1. The zero-order valence-corrected chi connectivity index (χ0v) is 10.7. The molecule has 1 unspecified atom stereocenters. The fourth-order valence-corrected chi connectivity index (χ4v) is 1.40. The predicted octanol–water partition coefficient (Wildman–Crippen LogP) is 0.574. The number of carbonyl (C=O) groups is 2. The van der Waals surface area contributed by atoms with Gasteiger partial charge < -0.3 is 20.5 Å². The molecule has 0 saturated carbocycles. The first-order valence-corrected chi connectivity index (χ1v) is 5.60. The van der Waals surface area contributed by atoms with E-state index in [2.05, 4.69) is 10.6 Å². The fraction of sp³-hybridized carbons (Fsp3) is 0.818. The van der Waals surface area contributed by atoms with Crippen LogP contribution in [0.5, 0.6) is 0 Å². The second-order valence-corrected chi connectivity index (χ2v) is 5.34. The number of hydrogen-bond acceptors (Lipinski definition) is 4. The van der Waals surface area contributed by atoms with Crippen molar-refractivity contribution in [1.82, 2.24) is 10.6 Å². The number of cyclic esters (lactones) is 1. The van der Waals surface area contributed by atoms with E-state index in [-0.39, 0.29) is 6.10 Å². The van der Waals surface area contributed by atoms with Gasteiger partial charge in [-0.2, -0.15) is 0 Å². The average molecular weight is 244 g/mol. The zero-order valence-electron chi connectivity index (χ0n) is 10.7. The van der Waals surface area contributed by atoms with E-state index in [0.29, 0.717) is 13.1 Å². The van der Waals surface area contributed by atoms with Crippen LogP contribution in [-0.2, 0) is 9.53 Å². The van der Waals surface area contributed by atoms with Gasteiger partial charge in [0, 0.05) is 12.1 Å². The van der Waals surface area contributed by atoms with Crippen molar-refractivity contribution in [3.63, 3.8) is 0 Å². The van der Waals surface area contributed by atoms with E-state index in [4.69, 9.17) is 4.74 Å². The summed E-state index contributed by atoms with van der Waals surface area (Å²) < 4.78 is 4.97. The summed E-state index contributed by atoms with van der Waals surface area (Å²) in [6.07, 6.45) is -0.668. The maximum atomic E-state index is 11.2. The lowest BCUT2D eigenvalue weighted by Crippen LogP contribution is -2.56. The van der Waals surface area contributed by atoms with Crippen molar-refractivity contribution in [3.05, 3.63) is 0 Å². The van der Waals surface area contributed by atoms with Gasteiger partial charge in [-0.1, -0.05) is 0 Å². The molecule has 0 aliphatic carbocycles. The van der Waals surface area contributed by atoms with Gasteiger partial charge in [0.1, 0.15) is 6.10 Å². The molecule has 1 aliphatic heterocycles. The van der Waals surface area contributed by atoms with E-state index < -0.39 is 23.0 Å². The van der Waals surface area contributed by atoms with Crippen molar-refractivity contribution in [2.45, 2.75) is 39.3 Å². The molecule has 17 heavy (non-hydrogen) atoms. The van der Waals surface area contributed by atoms with Crippen molar-refractivity contribution >= 4 is 12.1 Å². The Labute approximate surface area is 101 Å². The van der Waals surface area contributed by atoms with Crippen LogP contribution < -0.4 is 10.6 Å². The maximum Gasteiger partial charge on any atom is 0.407 e. The Balaban J connectivity index is 2.55. The largest absolute Gasteiger partial charge is 0.481 e. The van der Waals surface area contributed by atoms with Crippen LogP contribution in [0.25, 0.3) is 0 Å². The van der Waals surface area contributed by atoms with Gasteiger partial charge in [-0.05, 0) is 27.7 Å². The average Bonchev–Trinajstić information content (AvgIpc) is 2.61. The molecule has 0 aromatic heterocycles. The molecule has 1 fully saturated rings. The third kappa shape index (κ3) is 2.88. The SMILES string of the molecule is CC(C)(NCC1CNC(=O)O1)C(C)(C)C(=O)O. The normalized spacial score (nSPS) is 20.9. The Kier molecular flexibility index (Phi) is 3.66. The van der Waals surface area contributed by atoms with Gasteiger partial charge in [0.15, 0.2) is 0 Å². The maximum absolute atomic E-state index is 11.2. The summed E-state index contributed by atoms with van der Waals surface area (Å²) in [7, 11) is 0. The molecule has 3 N–H and O–H groups in total. The number of amides is 1. The molecule has 1 rings (SSSR count). The van der Waals surface area contributed by atoms with Crippen LogP contribution >= 0.6 is 0 Å². The lowest BCUT2D eigenvalue weighted by molar-refractivity contribution is -0.151. The van der Waals surface area contributed by atoms with Crippen molar-refractivity contribution in [3.8, 4) is 0 Å². The Bertz CT molecular complexity index is 325. The van der Waals surface area contributed by atoms with Gasteiger partial charge >= 0.3 is 12.1 Å². The highest BCUT2D eigenvalue weighted by molar-refractivity contribution is 5.75. The van der Waals surface area contributed by atoms with Crippen molar-refractivity contribution in [1.29, 1.82) is 0 Å². The molecule has 0 radical (unpaired) electrons. The highest BCUT2D eigenvalue weighted by Crippen LogP contribution is 2.30. The molecule has 0 spiro atoms. The summed E-state index contributed by atoms with van der Waals surface area (Å²) in [5, 5.41) is 14.9. The second-order valence-electron chi connectivity index (χ2n) is 5.34. The van der Waals surface area contributed by atoms with Crippen molar-refractivity contribution in [2.75, 3.05) is 13.1 Å². The zero-order chi connectivity index (χ0) is 13.3. The number of ether oxygens (including phenoxy) is 1. The molecular weight excluding hydrogens is 224 g/mol. The molecule has 0 aromatic carbocycles. The van der Waals surface area contributed by atoms with E-state index >= 15 is 0 Å². The lowest BCUT2D eigenvalue weighted by atomic mass is 9.74. The quantitative estimate of drug-likeness (QED) is 0.658. The minimum atomic E-state index is -0.914. The smallest absolute Gasteiger partial charge is 0.407 e. The molecule has 1 saturated heterocycles. The number of hydrogen-bond donors (Lipinski definition) is 3. The third-order valence-electron chi connectivity index (χ3n) is 3.62. The number of rotatable bonds is 5. The molecule has 1 atom stereocenters. The molecule has 98 valence electrons. The van der Waals surface area contributed by atoms with Gasteiger partial charge in [0.25, 0.3) is 0 Å². The van der Waals surface area contributed by atoms with E-state index in [1.165, 1.54) is 0 Å². The Hall–Kier alpha value is -1.30. The number of carboxylic acid groups (broad SMARTS) is 1. The van der Waals surface area contributed by atoms with Crippen LogP contribution in [0.15, 0.2) is 0 Å². The Morgan fingerprint density at radius 3 is 2.53 bits per heavy atom. The summed E-state index contributed by atoms with van der Waals surface area (Å²) in [6, 6.07) is 0. The van der Waals surface area contributed by atoms with Crippen molar-refractivity contribution in [2.24, 2.45) is 5.41 Å². The van der Waals surface area contributed by atoms with Gasteiger partial charge in [0.2, 0.25) is 0 Å². The topological polar surface area (TPSA) is 87.7 Å². The second kappa shape index (κ2) is 4.52. The summed E-state index contributed by atoms with van der Waals surface area (Å²) >= 11 is 0. The number of aliphatic carboxylic acids is 1. The Morgan fingerprint density at radius 1 is 1.53 bits per heavy atom. The summed E-state index contributed by atoms with van der Waals surface area (Å²) in [6.45, 7) is 7.87. The van der Waals surface area contributed by atoms with Gasteiger partial charge in [0.05, 0.1) is 12.0 Å². The Morgan fingerprint density at radius 2 is 2.12 bits per heavy atom. The minimum Gasteiger partial charge on any atom is -0.481 e. The van der Waals surface area contributed by atoms with Crippen LogP contribution in [0.2, 0.25) is 0 Å². The van der Waals surface area contributed by atoms with Gasteiger partial charge in [-0.15, -0.1) is 0 Å². The van der Waals surface area contributed by atoms with Crippen molar-refractivity contribution < 1.29 is 19.4 Å². The molecule has 0 bridgehead atoms. The van der Waals surface area contributed by atoms with Crippen LogP contribution in [0.4, 0.5) is 4.79 Å². The molecule has 6 heteroatoms. The monoisotopic (exact) mass is 244 g/mol. The van der Waals surface area contributed by atoms with E-state index in [0.717, 1.165) is 0 Å². The van der Waals surface area contributed by atoms with Crippen LogP contribution in [0.3, 0.4) is 0 Å².